The number of carbonyl (C=O) groups is 1. The fourth-order valence-electron chi connectivity index (χ4n) is 3.94. The third kappa shape index (κ3) is 2.07. The maximum atomic E-state index is 12.2. The second-order valence-corrected chi connectivity index (χ2v) is 6.07. The molecule has 4 rings (SSSR count). The zero-order chi connectivity index (χ0) is 16.0. The van der Waals surface area contributed by atoms with Gasteiger partial charge in [-0.15, -0.1) is 0 Å². The zero-order valence-electron chi connectivity index (χ0n) is 13.3. The fraction of sp³-hybridized carbons (Fsp3) is 0.389. The minimum Gasteiger partial charge on any atom is -0.495 e. The molecule has 2 aliphatic heterocycles. The lowest BCUT2D eigenvalue weighted by molar-refractivity contribution is -0.146. The van der Waals surface area contributed by atoms with Gasteiger partial charge in [0.15, 0.2) is 0 Å². The van der Waals surface area contributed by atoms with Crippen molar-refractivity contribution in [3.8, 4) is 5.75 Å². The molecule has 0 spiro atoms. The lowest BCUT2D eigenvalue weighted by atomic mass is 9.86. The number of methoxy groups -OCH3 is 2. The van der Waals surface area contributed by atoms with Gasteiger partial charge in [-0.05, 0) is 18.1 Å². The molecular weight excluding hydrogens is 292 g/mol. The topological polar surface area (TPSA) is 54.6 Å². The minimum absolute atomic E-state index is 0.00769. The minimum atomic E-state index is -0.271. The Morgan fingerprint density at radius 1 is 1.35 bits per heavy atom. The van der Waals surface area contributed by atoms with Crippen LogP contribution in [-0.2, 0) is 16.0 Å². The van der Waals surface area contributed by atoms with Crippen molar-refractivity contribution in [2.45, 2.75) is 12.5 Å². The van der Waals surface area contributed by atoms with E-state index in [0.717, 1.165) is 36.5 Å². The van der Waals surface area contributed by atoms with E-state index in [9.17, 15) is 4.79 Å². The molecule has 0 fully saturated rings. The maximum absolute atomic E-state index is 12.2. The molecule has 120 valence electrons. The molecule has 5 nitrogen and oxygen atoms in total. The van der Waals surface area contributed by atoms with E-state index in [4.69, 9.17) is 9.47 Å². The number of nitrogens with zero attached hydrogens (tertiary/aromatic N) is 1. The lowest BCUT2D eigenvalue weighted by Gasteiger charge is -2.40. The molecule has 0 amide bonds. The van der Waals surface area contributed by atoms with Crippen molar-refractivity contribution in [3.63, 3.8) is 0 Å². The molecule has 2 aromatic rings. The molecule has 1 aromatic heterocycles. The first-order valence-electron chi connectivity index (χ1n) is 7.90. The second-order valence-electron chi connectivity index (χ2n) is 6.07. The Bertz CT molecular complexity index is 793. The third-order valence-electron chi connectivity index (χ3n) is 4.99. The Morgan fingerprint density at radius 3 is 3.00 bits per heavy atom. The first kappa shape index (κ1) is 14.3. The number of ether oxygens (including phenoxy) is 2. The molecule has 5 heteroatoms. The predicted molar refractivity (Wildman–Crippen MR) is 87.5 cm³/mol. The summed E-state index contributed by atoms with van der Waals surface area (Å²) >= 11 is 0. The Labute approximate surface area is 134 Å². The number of aromatic nitrogens is 1. The summed E-state index contributed by atoms with van der Waals surface area (Å²) in [5.74, 6) is 0.380. The normalized spacial score (nSPS) is 23.4. The van der Waals surface area contributed by atoms with Gasteiger partial charge in [0.25, 0.3) is 0 Å². The van der Waals surface area contributed by atoms with Crippen LogP contribution in [0.5, 0.6) is 5.75 Å². The van der Waals surface area contributed by atoms with Crippen LogP contribution in [0.25, 0.3) is 10.9 Å². The molecule has 23 heavy (non-hydrogen) atoms. The van der Waals surface area contributed by atoms with Gasteiger partial charge in [-0.25, -0.2) is 0 Å². The van der Waals surface area contributed by atoms with E-state index in [1.807, 2.05) is 18.2 Å². The SMILES string of the molecule is COC(=O)C1C=CCN2CCc3c([nH]c4c(OC)cccc34)C12. The van der Waals surface area contributed by atoms with E-state index in [1.54, 1.807) is 7.11 Å². The van der Waals surface area contributed by atoms with Crippen molar-refractivity contribution < 1.29 is 14.3 Å². The van der Waals surface area contributed by atoms with Gasteiger partial charge in [0.2, 0.25) is 0 Å². The van der Waals surface area contributed by atoms with E-state index in [0.29, 0.717) is 0 Å². The zero-order valence-corrected chi connectivity index (χ0v) is 13.3. The number of H-pyrrole nitrogens is 1. The van der Waals surface area contributed by atoms with Crippen molar-refractivity contribution in [1.29, 1.82) is 0 Å². The van der Waals surface area contributed by atoms with E-state index in [1.165, 1.54) is 18.1 Å². The second kappa shape index (κ2) is 5.42. The van der Waals surface area contributed by atoms with E-state index >= 15 is 0 Å². The summed E-state index contributed by atoms with van der Waals surface area (Å²) < 4.78 is 10.5. The third-order valence-corrected chi connectivity index (χ3v) is 4.99. The van der Waals surface area contributed by atoms with Gasteiger partial charge in [-0.1, -0.05) is 24.3 Å². The van der Waals surface area contributed by atoms with Crippen LogP contribution in [0.15, 0.2) is 30.4 Å². The van der Waals surface area contributed by atoms with Crippen LogP contribution in [0.4, 0.5) is 0 Å². The maximum Gasteiger partial charge on any atom is 0.314 e. The molecule has 2 atom stereocenters. The molecule has 0 saturated carbocycles. The van der Waals surface area contributed by atoms with Crippen LogP contribution in [0, 0.1) is 5.92 Å². The number of nitrogens with one attached hydrogen (secondary N) is 1. The van der Waals surface area contributed by atoms with Crippen LogP contribution < -0.4 is 4.74 Å². The Morgan fingerprint density at radius 2 is 2.22 bits per heavy atom. The average molecular weight is 312 g/mol. The Kier molecular flexibility index (Phi) is 3.38. The highest BCUT2D eigenvalue weighted by Crippen LogP contribution is 2.42. The van der Waals surface area contributed by atoms with Crippen LogP contribution in [0.2, 0.25) is 0 Å². The highest BCUT2D eigenvalue weighted by molar-refractivity contribution is 5.90. The molecule has 0 bridgehead atoms. The Hall–Kier alpha value is -2.27. The van der Waals surface area contributed by atoms with E-state index in [2.05, 4.69) is 22.0 Å². The van der Waals surface area contributed by atoms with Crippen LogP contribution in [-0.4, -0.2) is 43.2 Å². The summed E-state index contributed by atoms with van der Waals surface area (Å²) in [7, 11) is 3.13. The number of hydrogen-bond donors (Lipinski definition) is 1. The van der Waals surface area contributed by atoms with Gasteiger partial charge in [-0.3, -0.25) is 9.69 Å². The molecular formula is C18H20N2O3. The molecule has 3 heterocycles. The average Bonchev–Trinajstić information content (AvgIpc) is 2.99. The number of aromatic amines is 1. The van der Waals surface area contributed by atoms with Gasteiger partial charge in [-0.2, -0.15) is 0 Å². The van der Waals surface area contributed by atoms with Gasteiger partial charge < -0.3 is 14.5 Å². The van der Waals surface area contributed by atoms with Crippen molar-refractivity contribution in [3.05, 3.63) is 41.6 Å². The summed E-state index contributed by atoms with van der Waals surface area (Å²) in [6.45, 7) is 1.81. The number of hydrogen-bond acceptors (Lipinski definition) is 4. The van der Waals surface area contributed by atoms with Crippen LogP contribution in [0.3, 0.4) is 0 Å². The van der Waals surface area contributed by atoms with E-state index < -0.39 is 0 Å². The quantitative estimate of drug-likeness (QED) is 0.683. The first-order valence-corrected chi connectivity index (χ1v) is 7.90. The standard InChI is InChI=1S/C18H20N2O3/c1-22-14-7-3-5-11-12-8-10-20-9-4-6-13(18(21)23-2)17(20)16(12)19-15(11)14/h3-7,13,17,19H,8-10H2,1-2H3. The summed E-state index contributed by atoms with van der Waals surface area (Å²) in [5, 5.41) is 1.19. The van der Waals surface area contributed by atoms with Gasteiger partial charge in [0.05, 0.1) is 31.7 Å². The molecule has 1 N–H and O–H groups in total. The number of fused-ring (bicyclic) bond motifs is 5. The molecule has 1 aromatic carbocycles. The highest BCUT2D eigenvalue weighted by Gasteiger charge is 2.40. The summed E-state index contributed by atoms with van der Waals surface area (Å²) in [5.41, 5.74) is 3.43. The van der Waals surface area contributed by atoms with Crippen molar-refractivity contribution in [1.82, 2.24) is 9.88 Å². The van der Waals surface area contributed by atoms with Crippen LogP contribution >= 0.6 is 0 Å². The van der Waals surface area contributed by atoms with Crippen molar-refractivity contribution in [2.24, 2.45) is 5.92 Å². The van der Waals surface area contributed by atoms with Crippen molar-refractivity contribution >= 4 is 16.9 Å². The molecule has 0 saturated heterocycles. The van der Waals surface area contributed by atoms with Crippen LogP contribution in [0.1, 0.15) is 17.3 Å². The van der Waals surface area contributed by atoms with Crippen molar-refractivity contribution in [2.75, 3.05) is 27.3 Å². The number of para-hydroxylation sites is 1. The fourth-order valence-corrected chi connectivity index (χ4v) is 3.94. The highest BCUT2D eigenvalue weighted by atomic mass is 16.5. The molecule has 2 unspecified atom stereocenters. The molecule has 0 aliphatic carbocycles. The first-order chi connectivity index (χ1) is 11.2. The number of carbonyl (C=O) groups excluding carboxylic acids is 1. The number of benzene rings is 1. The monoisotopic (exact) mass is 312 g/mol. The van der Waals surface area contributed by atoms with E-state index in [-0.39, 0.29) is 17.9 Å². The van der Waals surface area contributed by atoms with Gasteiger partial charge in [0.1, 0.15) is 5.75 Å². The van der Waals surface area contributed by atoms with Gasteiger partial charge >= 0.3 is 5.97 Å². The lowest BCUT2D eigenvalue weighted by Crippen LogP contribution is -2.43. The predicted octanol–water partition coefficient (Wildman–Crippen LogP) is 2.43. The smallest absolute Gasteiger partial charge is 0.314 e. The van der Waals surface area contributed by atoms with Gasteiger partial charge in [0, 0.05) is 24.2 Å². The Balaban J connectivity index is 1.89. The largest absolute Gasteiger partial charge is 0.495 e. The summed E-state index contributed by atoms with van der Waals surface area (Å²) in [6, 6.07) is 6.10. The summed E-state index contributed by atoms with van der Waals surface area (Å²) in [4.78, 5) is 18.1. The molecule has 2 aliphatic rings. The number of rotatable bonds is 2. The molecule has 0 radical (unpaired) electrons. The summed E-state index contributed by atoms with van der Waals surface area (Å²) in [6.07, 6.45) is 5.01. The number of esters is 1.